The highest BCUT2D eigenvalue weighted by Crippen LogP contribution is 2.22. The molecule has 0 spiro atoms. The van der Waals surface area contributed by atoms with E-state index < -0.39 is 22.2 Å². The summed E-state index contributed by atoms with van der Waals surface area (Å²) in [5, 5.41) is 10.4. The lowest BCUT2D eigenvalue weighted by atomic mass is 10.2. The molecule has 0 aromatic heterocycles. The maximum Gasteiger partial charge on any atom is 0.304 e. The van der Waals surface area contributed by atoms with Crippen molar-refractivity contribution in [2.75, 3.05) is 0 Å². The van der Waals surface area contributed by atoms with Crippen molar-refractivity contribution in [3.8, 4) is 5.75 Å². The van der Waals surface area contributed by atoms with Crippen LogP contribution in [-0.4, -0.2) is 4.92 Å². The molecule has 7 heteroatoms. The van der Waals surface area contributed by atoms with Crippen LogP contribution in [0.25, 0.3) is 0 Å². The molecule has 2 rings (SSSR count). The minimum atomic E-state index is -0.946. The number of halogens is 3. The second kappa shape index (κ2) is 5.83. The predicted octanol–water partition coefficient (Wildman–Crippen LogP) is 4.11. The standard InChI is InChI=1S/C13H8ClF2NO3/c14-10-3-2-9(6-11(10)15)20-7-8-1-4-13(17(18)19)12(16)5-8/h1-6H,7H2. The summed E-state index contributed by atoms with van der Waals surface area (Å²) in [4.78, 5) is 9.65. The second-order valence-corrected chi connectivity index (χ2v) is 4.31. The first-order valence-electron chi connectivity index (χ1n) is 5.48. The molecule has 2 aromatic rings. The highest BCUT2D eigenvalue weighted by atomic mass is 35.5. The van der Waals surface area contributed by atoms with Crippen molar-refractivity contribution < 1.29 is 18.4 Å². The number of nitro benzene ring substituents is 1. The molecule has 0 heterocycles. The first-order chi connectivity index (χ1) is 9.47. The highest BCUT2D eigenvalue weighted by Gasteiger charge is 2.13. The number of hydrogen-bond donors (Lipinski definition) is 0. The average molecular weight is 300 g/mol. The van der Waals surface area contributed by atoms with E-state index in [2.05, 4.69) is 0 Å². The van der Waals surface area contributed by atoms with Crippen molar-refractivity contribution in [1.29, 1.82) is 0 Å². The Bertz CT molecular complexity index is 664. The first-order valence-corrected chi connectivity index (χ1v) is 5.86. The third kappa shape index (κ3) is 3.21. The molecule has 4 nitrogen and oxygen atoms in total. The summed E-state index contributed by atoms with van der Waals surface area (Å²) in [7, 11) is 0. The Labute approximate surface area is 117 Å². The van der Waals surface area contributed by atoms with Crippen LogP contribution in [-0.2, 0) is 6.61 Å². The predicted molar refractivity (Wildman–Crippen MR) is 68.8 cm³/mol. The zero-order chi connectivity index (χ0) is 14.7. The van der Waals surface area contributed by atoms with Gasteiger partial charge in [-0.1, -0.05) is 11.6 Å². The largest absolute Gasteiger partial charge is 0.489 e. The lowest BCUT2D eigenvalue weighted by Gasteiger charge is -2.07. The highest BCUT2D eigenvalue weighted by molar-refractivity contribution is 6.30. The molecular weight excluding hydrogens is 292 g/mol. The Morgan fingerprint density at radius 2 is 1.90 bits per heavy atom. The molecule has 0 aliphatic rings. The minimum Gasteiger partial charge on any atom is -0.489 e. The molecule has 0 aliphatic carbocycles. The van der Waals surface area contributed by atoms with E-state index in [0.29, 0.717) is 5.56 Å². The molecule has 0 unspecified atom stereocenters. The van der Waals surface area contributed by atoms with Crippen LogP contribution in [0.4, 0.5) is 14.5 Å². The van der Waals surface area contributed by atoms with Crippen LogP contribution in [0.1, 0.15) is 5.56 Å². The Kier molecular flexibility index (Phi) is 4.14. The summed E-state index contributed by atoms with van der Waals surface area (Å²) >= 11 is 5.52. The van der Waals surface area contributed by atoms with Crippen LogP contribution in [0.3, 0.4) is 0 Å². The summed E-state index contributed by atoms with van der Waals surface area (Å²) in [6.45, 7) is -0.0456. The van der Waals surface area contributed by atoms with E-state index >= 15 is 0 Å². The lowest BCUT2D eigenvalue weighted by Crippen LogP contribution is -1.99. The molecule has 0 N–H and O–H groups in total. The van der Waals surface area contributed by atoms with Crippen molar-refractivity contribution in [3.05, 3.63) is 68.7 Å². The SMILES string of the molecule is O=[N+]([O-])c1ccc(COc2ccc(Cl)c(F)c2)cc1F. The molecule has 0 fully saturated rings. The maximum atomic E-state index is 13.4. The Balaban J connectivity index is 2.09. The normalized spacial score (nSPS) is 10.3. The van der Waals surface area contributed by atoms with E-state index in [1.54, 1.807) is 0 Å². The Morgan fingerprint density at radius 1 is 1.15 bits per heavy atom. The topological polar surface area (TPSA) is 52.4 Å². The molecule has 0 saturated heterocycles. The van der Waals surface area contributed by atoms with Gasteiger partial charge in [0.1, 0.15) is 18.2 Å². The molecule has 0 saturated carbocycles. The Hall–Kier alpha value is -2.21. The number of ether oxygens (including phenoxy) is 1. The zero-order valence-corrected chi connectivity index (χ0v) is 10.7. The summed E-state index contributed by atoms with van der Waals surface area (Å²) in [6.07, 6.45) is 0. The average Bonchev–Trinajstić information content (AvgIpc) is 2.40. The molecular formula is C13H8ClF2NO3. The molecule has 104 valence electrons. The van der Waals surface area contributed by atoms with Crippen molar-refractivity contribution >= 4 is 17.3 Å². The van der Waals surface area contributed by atoms with Gasteiger partial charge in [0, 0.05) is 12.1 Å². The number of hydrogen-bond acceptors (Lipinski definition) is 3. The monoisotopic (exact) mass is 299 g/mol. The van der Waals surface area contributed by atoms with Crippen LogP contribution >= 0.6 is 11.6 Å². The fourth-order valence-corrected chi connectivity index (χ4v) is 1.64. The van der Waals surface area contributed by atoms with Gasteiger partial charge in [-0.2, -0.15) is 4.39 Å². The van der Waals surface area contributed by atoms with Crippen molar-refractivity contribution in [2.45, 2.75) is 6.61 Å². The molecule has 0 aliphatic heterocycles. The van der Waals surface area contributed by atoms with Crippen molar-refractivity contribution in [3.63, 3.8) is 0 Å². The van der Waals surface area contributed by atoms with Gasteiger partial charge in [-0.3, -0.25) is 10.1 Å². The summed E-state index contributed by atoms with van der Waals surface area (Å²) in [5.74, 6) is -1.34. The number of nitrogens with zero attached hydrogens (tertiary/aromatic N) is 1. The summed E-state index contributed by atoms with van der Waals surface area (Å²) < 4.78 is 31.8. The van der Waals surface area contributed by atoms with E-state index in [1.165, 1.54) is 18.2 Å². The minimum absolute atomic E-state index is 0.0290. The van der Waals surface area contributed by atoms with E-state index in [1.807, 2.05) is 0 Å². The van der Waals surface area contributed by atoms with E-state index in [4.69, 9.17) is 16.3 Å². The van der Waals surface area contributed by atoms with Gasteiger partial charge in [-0.15, -0.1) is 0 Å². The number of benzene rings is 2. The van der Waals surface area contributed by atoms with Gasteiger partial charge < -0.3 is 4.74 Å². The molecule has 0 radical (unpaired) electrons. The maximum absolute atomic E-state index is 13.4. The van der Waals surface area contributed by atoms with Crippen LogP contribution in [0.2, 0.25) is 5.02 Å². The van der Waals surface area contributed by atoms with E-state index in [0.717, 1.165) is 18.2 Å². The molecule has 0 amide bonds. The summed E-state index contributed by atoms with van der Waals surface area (Å²) in [5.41, 5.74) is -0.213. The van der Waals surface area contributed by atoms with Gasteiger partial charge in [0.15, 0.2) is 0 Å². The van der Waals surface area contributed by atoms with Gasteiger partial charge in [0.05, 0.1) is 9.95 Å². The fourth-order valence-electron chi connectivity index (χ4n) is 1.52. The fraction of sp³-hybridized carbons (Fsp3) is 0.0769. The van der Waals surface area contributed by atoms with Crippen LogP contribution < -0.4 is 4.74 Å². The third-order valence-corrected chi connectivity index (χ3v) is 2.81. The molecule has 0 atom stereocenters. The zero-order valence-electron chi connectivity index (χ0n) is 9.98. The second-order valence-electron chi connectivity index (χ2n) is 3.91. The molecule has 2 aromatic carbocycles. The van der Waals surface area contributed by atoms with Crippen LogP contribution in [0.15, 0.2) is 36.4 Å². The van der Waals surface area contributed by atoms with Crippen molar-refractivity contribution in [2.24, 2.45) is 0 Å². The van der Waals surface area contributed by atoms with E-state index in [-0.39, 0.29) is 17.4 Å². The van der Waals surface area contributed by atoms with Gasteiger partial charge in [0.2, 0.25) is 5.82 Å². The van der Waals surface area contributed by atoms with Crippen molar-refractivity contribution in [1.82, 2.24) is 0 Å². The third-order valence-electron chi connectivity index (χ3n) is 2.51. The molecule has 20 heavy (non-hydrogen) atoms. The number of rotatable bonds is 4. The summed E-state index contributed by atoms with van der Waals surface area (Å²) in [6, 6.07) is 7.33. The molecule has 0 bridgehead atoms. The first kappa shape index (κ1) is 14.2. The number of nitro groups is 1. The van der Waals surface area contributed by atoms with Gasteiger partial charge >= 0.3 is 5.69 Å². The Morgan fingerprint density at radius 3 is 2.50 bits per heavy atom. The van der Waals surface area contributed by atoms with Gasteiger partial charge in [0.25, 0.3) is 0 Å². The van der Waals surface area contributed by atoms with Crippen LogP contribution in [0, 0.1) is 21.7 Å². The van der Waals surface area contributed by atoms with Gasteiger partial charge in [-0.05, 0) is 29.8 Å². The lowest BCUT2D eigenvalue weighted by molar-refractivity contribution is -0.387. The van der Waals surface area contributed by atoms with Gasteiger partial charge in [-0.25, -0.2) is 4.39 Å². The quantitative estimate of drug-likeness (QED) is 0.630. The van der Waals surface area contributed by atoms with Crippen LogP contribution in [0.5, 0.6) is 5.75 Å². The van der Waals surface area contributed by atoms with E-state index in [9.17, 15) is 18.9 Å². The smallest absolute Gasteiger partial charge is 0.304 e.